The fourth-order valence-electron chi connectivity index (χ4n) is 1.76. The largest absolute Gasteiger partial charge is 0.508 e. The van der Waals surface area contributed by atoms with Crippen molar-refractivity contribution >= 4 is 6.09 Å². The molecular formula is C12H15NO3. The van der Waals surface area contributed by atoms with Gasteiger partial charge in [0.2, 0.25) is 0 Å². The van der Waals surface area contributed by atoms with E-state index in [1.54, 1.807) is 29.2 Å². The van der Waals surface area contributed by atoms with Crippen LogP contribution in [0.4, 0.5) is 4.79 Å². The first kappa shape index (κ1) is 10.8. The van der Waals surface area contributed by atoms with E-state index < -0.39 is 0 Å². The molecule has 16 heavy (non-hydrogen) atoms. The zero-order valence-electron chi connectivity index (χ0n) is 9.38. The fraction of sp³-hybridized carbons (Fsp3) is 0.417. The van der Waals surface area contributed by atoms with Crippen LogP contribution in [0.1, 0.15) is 25.5 Å². The highest BCUT2D eigenvalue weighted by Crippen LogP contribution is 2.28. The van der Waals surface area contributed by atoms with Crippen LogP contribution in [0, 0.1) is 0 Å². The van der Waals surface area contributed by atoms with E-state index >= 15 is 0 Å². The predicted molar refractivity (Wildman–Crippen MR) is 59.2 cm³/mol. The molecule has 86 valence electrons. The molecule has 1 heterocycles. The summed E-state index contributed by atoms with van der Waals surface area (Å²) in [6.45, 7) is 4.49. The highest BCUT2D eigenvalue weighted by atomic mass is 16.6. The molecule has 0 saturated carbocycles. The van der Waals surface area contributed by atoms with E-state index in [2.05, 4.69) is 0 Å². The second-order valence-electron chi connectivity index (χ2n) is 4.21. The number of ether oxygens (including phenoxy) is 1. The minimum atomic E-state index is -0.270. The van der Waals surface area contributed by atoms with Gasteiger partial charge in [0.1, 0.15) is 11.9 Å². The lowest BCUT2D eigenvalue weighted by Gasteiger charge is -2.16. The maximum Gasteiger partial charge on any atom is 0.410 e. The SMILES string of the molecule is CC(C)N1CC(c2ccc(O)cc2)OC1=O. The van der Waals surface area contributed by atoms with Gasteiger partial charge in [-0.3, -0.25) is 0 Å². The molecule has 1 aliphatic heterocycles. The van der Waals surface area contributed by atoms with Crippen molar-refractivity contribution in [3.63, 3.8) is 0 Å². The third-order valence-corrected chi connectivity index (χ3v) is 2.73. The Morgan fingerprint density at radius 2 is 2.00 bits per heavy atom. The number of carbonyl (C=O) groups excluding carboxylic acids is 1. The van der Waals surface area contributed by atoms with Gasteiger partial charge in [-0.1, -0.05) is 12.1 Å². The molecule has 1 N–H and O–H groups in total. The number of phenols is 1. The number of amides is 1. The minimum Gasteiger partial charge on any atom is -0.508 e. The summed E-state index contributed by atoms with van der Waals surface area (Å²) in [5, 5.41) is 9.17. The van der Waals surface area contributed by atoms with Gasteiger partial charge < -0.3 is 14.7 Å². The summed E-state index contributed by atoms with van der Waals surface area (Å²) < 4.78 is 5.27. The third kappa shape index (κ3) is 1.96. The average molecular weight is 221 g/mol. The molecule has 1 aromatic carbocycles. The molecule has 1 saturated heterocycles. The number of nitrogens with zero attached hydrogens (tertiary/aromatic N) is 1. The molecule has 0 aliphatic carbocycles. The van der Waals surface area contributed by atoms with E-state index in [1.165, 1.54) is 0 Å². The number of phenolic OH excluding ortho intramolecular Hbond substituents is 1. The van der Waals surface area contributed by atoms with E-state index in [1.807, 2.05) is 13.8 Å². The second kappa shape index (κ2) is 4.04. The number of aromatic hydroxyl groups is 1. The molecule has 0 radical (unpaired) electrons. The van der Waals surface area contributed by atoms with Gasteiger partial charge in [-0.2, -0.15) is 0 Å². The zero-order valence-corrected chi connectivity index (χ0v) is 9.38. The van der Waals surface area contributed by atoms with Crippen LogP contribution in [0.25, 0.3) is 0 Å². The topological polar surface area (TPSA) is 49.8 Å². The lowest BCUT2D eigenvalue weighted by atomic mass is 10.1. The van der Waals surface area contributed by atoms with Crippen LogP contribution in [0.3, 0.4) is 0 Å². The van der Waals surface area contributed by atoms with E-state index in [4.69, 9.17) is 4.74 Å². The van der Waals surface area contributed by atoms with Gasteiger partial charge >= 0.3 is 6.09 Å². The molecule has 1 aromatic rings. The van der Waals surface area contributed by atoms with Crippen molar-refractivity contribution in [3.8, 4) is 5.75 Å². The summed E-state index contributed by atoms with van der Waals surface area (Å²) in [5.74, 6) is 0.216. The lowest BCUT2D eigenvalue weighted by Crippen LogP contribution is -2.31. The average Bonchev–Trinajstić information content (AvgIpc) is 2.61. The maximum atomic E-state index is 11.5. The molecule has 1 atom stereocenters. The molecule has 1 aliphatic rings. The Hall–Kier alpha value is -1.71. The Kier molecular flexibility index (Phi) is 2.73. The quantitative estimate of drug-likeness (QED) is 0.833. The number of benzene rings is 1. The summed E-state index contributed by atoms with van der Waals surface area (Å²) >= 11 is 0. The summed E-state index contributed by atoms with van der Waals surface area (Å²) in [5.41, 5.74) is 0.911. The van der Waals surface area contributed by atoms with Crippen molar-refractivity contribution in [1.29, 1.82) is 0 Å². The summed E-state index contributed by atoms with van der Waals surface area (Å²) in [6, 6.07) is 6.89. The van der Waals surface area contributed by atoms with E-state index in [0.29, 0.717) is 6.54 Å². The van der Waals surface area contributed by atoms with Gasteiger partial charge in [-0.15, -0.1) is 0 Å². The first-order chi connectivity index (χ1) is 7.58. The standard InChI is InChI=1S/C12H15NO3/c1-8(2)13-7-11(16-12(13)15)9-3-5-10(14)6-4-9/h3-6,8,11,14H,7H2,1-2H3. The summed E-state index contributed by atoms with van der Waals surface area (Å²) in [4.78, 5) is 13.2. The van der Waals surface area contributed by atoms with Crippen molar-refractivity contribution < 1.29 is 14.6 Å². The molecule has 0 bridgehead atoms. The van der Waals surface area contributed by atoms with Crippen LogP contribution >= 0.6 is 0 Å². The Bertz CT molecular complexity index is 386. The minimum absolute atomic E-state index is 0.148. The van der Waals surface area contributed by atoms with Gasteiger partial charge in [-0.25, -0.2) is 4.79 Å². The van der Waals surface area contributed by atoms with Crippen molar-refractivity contribution in [2.24, 2.45) is 0 Å². The molecule has 4 nitrogen and oxygen atoms in total. The van der Waals surface area contributed by atoms with Crippen molar-refractivity contribution in [3.05, 3.63) is 29.8 Å². The van der Waals surface area contributed by atoms with Gasteiger partial charge in [0.15, 0.2) is 0 Å². The predicted octanol–water partition coefficient (Wildman–Crippen LogP) is 2.29. The number of carbonyl (C=O) groups is 1. The van der Waals surface area contributed by atoms with E-state index in [9.17, 15) is 9.90 Å². The van der Waals surface area contributed by atoms with Crippen LogP contribution in [-0.4, -0.2) is 28.7 Å². The molecular weight excluding hydrogens is 206 g/mol. The number of rotatable bonds is 2. The summed E-state index contributed by atoms with van der Waals surface area (Å²) in [6.07, 6.45) is -0.497. The van der Waals surface area contributed by atoms with Crippen molar-refractivity contribution in [2.75, 3.05) is 6.54 Å². The van der Waals surface area contributed by atoms with E-state index in [-0.39, 0.29) is 24.0 Å². The fourth-order valence-corrected chi connectivity index (χ4v) is 1.76. The normalized spacial score (nSPS) is 20.3. The molecule has 0 aromatic heterocycles. The number of hydrogen-bond acceptors (Lipinski definition) is 3. The van der Waals surface area contributed by atoms with Crippen LogP contribution in [-0.2, 0) is 4.74 Å². The van der Waals surface area contributed by atoms with Crippen molar-refractivity contribution in [1.82, 2.24) is 4.90 Å². The van der Waals surface area contributed by atoms with Crippen LogP contribution in [0.5, 0.6) is 5.75 Å². The molecule has 1 fully saturated rings. The Balaban J connectivity index is 2.13. The Labute approximate surface area is 94.4 Å². The zero-order chi connectivity index (χ0) is 11.7. The third-order valence-electron chi connectivity index (χ3n) is 2.73. The molecule has 1 amide bonds. The van der Waals surface area contributed by atoms with Gasteiger partial charge in [-0.05, 0) is 31.5 Å². The molecule has 4 heteroatoms. The highest BCUT2D eigenvalue weighted by molar-refractivity contribution is 5.70. The number of cyclic esters (lactones) is 1. The smallest absolute Gasteiger partial charge is 0.410 e. The second-order valence-corrected chi connectivity index (χ2v) is 4.21. The van der Waals surface area contributed by atoms with Gasteiger partial charge in [0, 0.05) is 6.04 Å². The number of hydrogen-bond donors (Lipinski definition) is 1. The van der Waals surface area contributed by atoms with Crippen LogP contribution in [0.2, 0.25) is 0 Å². The Morgan fingerprint density at radius 1 is 1.38 bits per heavy atom. The first-order valence-electron chi connectivity index (χ1n) is 5.34. The van der Waals surface area contributed by atoms with E-state index in [0.717, 1.165) is 5.56 Å². The first-order valence-corrected chi connectivity index (χ1v) is 5.34. The molecule has 1 unspecified atom stereocenters. The lowest BCUT2D eigenvalue weighted by molar-refractivity contribution is 0.130. The molecule has 2 rings (SSSR count). The van der Waals surface area contributed by atoms with Gasteiger partial charge in [0.25, 0.3) is 0 Å². The van der Waals surface area contributed by atoms with Crippen LogP contribution < -0.4 is 0 Å². The monoisotopic (exact) mass is 221 g/mol. The maximum absolute atomic E-state index is 11.5. The summed E-state index contributed by atoms with van der Waals surface area (Å²) in [7, 11) is 0. The van der Waals surface area contributed by atoms with Crippen molar-refractivity contribution in [2.45, 2.75) is 26.0 Å². The van der Waals surface area contributed by atoms with Crippen LogP contribution in [0.15, 0.2) is 24.3 Å². The van der Waals surface area contributed by atoms with Gasteiger partial charge in [0.05, 0.1) is 6.54 Å². The molecule has 0 spiro atoms. The Morgan fingerprint density at radius 3 is 2.50 bits per heavy atom. The highest BCUT2D eigenvalue weighted by Gasteiger charge is 2.33.